The first-order chi connectivity index (χ1) is 22.2. The maximum atomic E-state index is 13.6. The lowest BCUT2D eigenvalue weighted by Gasteiger charge is -2.48. The number of carboxylic acid groups (broad SMARTS) is 2. The van der Waals surface area contributed by atoms with E-state index in [0.717, 1.165) is 60.6 Å². The Kier molecular flexibility index (Phi) is 10.8. The summed E-state index contributed by atoms with van der Waals surface area (Å²) in [5.41, 5.74) is 4.42. The van der Waals surface area contributed by atoms with Crippen molar-refractivity contribution >= 4 is 29.4 Å². The molecule has 1 amide bonds. The van der Waals surface area contributed by atoms with Gasteiger partial charge in [0.25, 0.3) is 0 Å². The lowest BCUT2D eigenvalue weighted by Crippen LogP contribution is -2.55. The predicted molar refractivity (Wildman–Crippen MR) is 172 cm³/mol. The van der Waals surface area contributed by atoms with E-state index in [1.54, 1.807) is 17.0 Å². The molecular formula is C36H40FN3O6. The molecule has 10 heteroatoms. The molecule has 0 aromatic heterocycles. The number of aliphatic imine (C=N–C) groups is 1. The first kappa shape index (κ1) is 32.8. The summed E-state index contributed by atoms with van der Waals surface area (Å²) >= 11 is 0. The summed E-state index contributed by atoms with van der Waals surface area (Å²) in [6.07, 6.45) is 3.67. The van der Waals surface area contributed by atoms with E-state index in [1.165, 1.54) is 12.1 Å². The normalized spacial score (nSPS) is 18.5. The van der Waals surface area contributed by atoms with Gasteiger partial charge in [-0.2, -0.15) is 0 Å². The number of nitrogens with one attached hydrogen (secondary N) is 1. The molecule has 3 atom stereocenters. The van der Waals surface area contributed by atoms with Gasteiger partial charge >= 0.3 is 11.9 Å². The average Bonchev–Trinajstić information content (AvgIpc) is 3.06. The number of rotatable bonds is 15. The van der Waals surface area contributed by atoms with Gasteiger partial charge in [-0.1, -0.05) is 48.5 Å². The van der Waals surface area contributed by atoms with Crippen molar-refractivity contribution in [3.05, 3.63) is 101 Å². The van der Waals surface area contributed by atoms with Gasteiger partial charge in [0, 0.05) is 25.2 Å². The number of carboxylic acids is 2. The fourth-order valence-corrected chi connectivity index (χ4v) is 6.27. The molecule has 0 aliphatic carbocycles. The topological polar surface area (TPSA) is 140 Å². The van der Waals surface area contributed by atoms with Gasteiger partial charge in [-0.05, 0) is 91.5 Å². The summed E-state index contributed by atoms with van der Waals surface area (Å²) < 4.78 is 13.4. The molecule has 2 aliphatic heterocycles. The summed E-state index contributed by atoms with van der Waals surface area (Å²) in [7, 11) is 0. The third-order valence-corrected chi connectivity index (χ3v) is 8.93. The van der Waals surface area contributed by atoms with E-state index in [4.69, 9.17) is 10.2 Å². The van der Waals surface area contributed by atoms with Crippen LogP contribution in [0.5, 0.6) is 0 Å². The molecule has 1 saturated heterocycles. The van der Waals surface area contributed by atoms with Crippen LogP contribution < -0.4 is 10.2 Å². The molecule has 3 aromatic rings. The number of benzene rings is 3. The SMILES string of the molecule is O=C(O)C(CCCc1ccc([C@@H]2[C@@H](CC[C@H](O)c3ccc(F)cc3)C(=O)N2c2ccc(CCC3=NCCCN3)cc2)cc1)C(=O)O. The number of β-lactam (4-membered cyclic amide) rings is 1. The van der Waals surface area contributed by atoms with E-state index in [0.29, 0.717) is 31.2 Å². The molecule has 3 aromatic carbocycles. The predicted octanol–water partition coefficient (Wildman–Crippen LogP) is 5.48. The second-order valence-electron chi connectivity index (χ2n) is 12.0. The van der Waals surface area contributed by atoms with Crippen molar-refractivity contribution in [3.8, 4) is 0 Å². The molecule has 4 N–H and O–H groups in total. The number of carbonyl (C=O) groups is 3. The van der Waals surface area contributed by atoms with Crippen molar-refractivity contribution in [1.29, 1.82) is 0 Å². The van der Waals surface area contributed by atoms with Crippen molar-refractivity contribution in [1.82, 2.24) is 5.32 Å². The highest BCUT2D eigenvalue weighted by Crippen LogP contribution is 2.46. The number of hydrogen-bond donors (Lipinski definition) is 4. The zero-order valence-electron chi connectivity index (χ0n) is 25.6. The highest BCUT2D eigenvalue weighted by molar-refractivity contribution is 6.03. The number of nitrogens with zero attached hydrogens (tertiary/aromatic N) is 2. The van der Waals surface area contributed by atoms with Gasteiger partial charge < -0.3 is 25.5 Å². The molecule has 0 radical (unpaired) electrons. The number of amidine groups is 1. The molecule has 1 fully saturated rings. The fraction of sp³-hybridized carbons (Fsp3) is 0.389. The number of halogens is 1. The van der Waals surface area contributed by atoms with E-state index < -0.39 is 24.0 Å². The third kappa shape index (κ3) is 7.98. The van der Waals surface area contributed by atoms with Gasteiger partial charge in [-0.3, -0.25) is 19.4 Å². The van der Waals surface area contributed by atoms with Crippen LogP contribution in [0.4, 0.5) is 10.1 Å². The molecule has 2 aliphatic rings. The maximum absolute atomic E-state index is 13.6. The fourth-order valence-electron chi connectivity index (χ4n) is 6.27. The van der Waals surface area contributed by atoms with Crippen LogP contribution in [0.3, 0.4) is 0 Å². The first-order valence-electron chi connectivity index (χ1n) is 15.9. The molecular weight excluding hydrogens is 589 g/mol. The number of aliphatic carboxylic acids is 2. The molecule has 2 heterocycles. The van der Waals surface area contributed by atoms with Gasteiger partial charge in [0.2, 0.25) is 5.91 Å². The molecule has 9 nitrogen and oxygen atoms in total. The second-order valence-corrected chi connectivity index (χ2v) is 12.0. The number of aliphatic hydroxyl groups excluding tert-OH is 1. The Morgan fingerprint density at radius 2 is 1.54 bits per heavy atom. The zero-order valence-corrected chi connectivity index (χ0v) is 25.6. The Morgan fingerprint density at radius 3 is 2.17 bits per heavy atom. The zero-order chi connectivity index (χ0) is 32.6. The Labute approximate surface area is 267 Å². The van der Waals surface area contributed by atoms with Crippen LogP contribution in [-0.4, -0.2) is 52.1 Å². The molecule has 242 valence electrons. The second kappa shape index (κ2) is 15.1. The maximum Gasteiger partial charge on any atom is 0.317 e. The highest BCUT2D eigenvalue weighted by atomic mass is 19.1. The number of anilines is 1. The van der Waals surface area contributed by atoms with E-state index in [-0.39, 0.29) is 30.1 Å². The van der Waals surface area contributed by atoms with Crippen molar-refractivity contribution < 1.29 is 34.1 Å². The van der Waals surface area contributed by atoms with Crippen molar-refractivity contribution in [3.63, 3.8) is 0 Å². The lowest BCUT2D eigenvalue weighted by atomic mass is 9.78. The monoisotopic (exact) mass is 629 g/mol. The van der Waals surface area contributed by atoms with Gasteiger partial charge in [0.1, 0.15) is 5.82 Å². The summed E-state index contributed by atoms with van der Waals surface area (Å²) in [5.74, 6) is -3.83. The minimum atomic E-state index is -1.43. The number of hydrogen-bond acceptors (Lipinski definition) is 6. The van der Waals surface area contributed by atoms with Crippen molar-refractivity contribution in [2.75, 3.05) is 18.0 Å². The number of aliphatic hydroxyl groups is 1. The Hall–Kier alpha value is -4.57. The van der Waals surface area contributed by atoms with Gasteiger partial charge in [0.05, 0.1) is 23.9 Å². The van der Waals surface area contributed by atoms with E-state index >= 15 is 0 Å². The van der Waals surface area contributed by atoms with Crippen molar-refractivity contribution in [2.45, 2.75) is 63.5 Å². The Bertz CT molecular complexity index is 1530. The van der Waals surface area contributed by atoms with Crippen molar-refractivity contribution in [2.24, 2.45) is 16.8 Å². The minimum Gasteiger partial charge on any atom is -0.481 e. The molecule has 0 bridgehead atoms. The first-order valence-corrected chi connectivity index (χ1v) is 15.9. The Balaban J connectivity index is 1.28. The average molecular weight is 630 g/mol. The van der Waals surface area contributed by atoms with Crippen LogP contribution in [0.25, 0.3) is 0 Å². The van der Waals surface area contributed by atoms with Crippen LogP contribution in [0, 0.1) is 17.7 Å². The number of aryl methyl sites for hydroxylation is 2. The molecule has 0 unspecified atom stereocenters. The third-order valence-electron chi connectivity index (χ3n) is 8.93. The molecule has 46 heavy (non-hydrogen) atoms. The summed E-state index contributed by atoms with van der Waals surface area (Å²) in [4.78, 5) is 42.4. The molecule has 0 spiro atoms. The van der Waals surface area contributed by atoms with Crippen LogP contribution in [-0.2, 0) is 27.2 Å². The van der Waals surface area contributed by atoms with Crippen LogP contribution in [0.2, 0.25) is 0 Å². The van der Waals surface area contributed by atoms with E-state index in [1.807, 2.05) is 48.5 Å². The quantitative estimate of drug-likeness (QED) is 0.129. The standard InChI is InChI=1S/C36H40FN3O6/c37-27-14-12-25(13-15-27)31(41)19-18-29-33(26-10-5-23(6-11-26)3-1-4-30(35(43)44)36(45)46)40(34(29)42)28-16-7-24(8-17-28)9-20-32-38-21-2-22-39-32/h5-8,10-17,29-31,33,41H,1-4,9,18-22H2,(H,38,39)(H,43,44)(H,45,46)/t29-,31+,33-/m1/s1. The summed E-state index contributed by atoms with van der Waals surface area (Å²) in [6, 6.07) is 21.3. The number of amides is 1. The number of carbonyl (C=O) groups excluding carboxylic acids is 1. The summed E-state index contributed by atoms with van der Waals surface area (Å²) in [6.45, 7) is 1.81. The summed E-state index contributed by atoms with van der Waals surface area (Å²) in [5, 5.41) is 32.4. The van der Waals surface area contributed by atoms with E-state index in [9.17, 15) is 23.9 Å². The Morgan fingerprint density at radius 1 is 0.891 bits per heavy atom. The van der Waals surface area contributed by atoms with Gasteiger partial charge in [-0.25, -0.2) is 4.39 Å². The van der Waals surface area contributed by atoms with Gasteiger partial charge in [0.15, 0.2) is 5.92 Å². The smallest absolute Gasteiger partial charge is 0.317 e. The van der Waals surface area contributed by atoms with Crippen LogP contribution in [0.1, 0.15) is 72.9 Å². The lowest BCUT2D eigenvalue weighted by molar-refractivity contribution is -0.154. The molecule has 5 rings (SSSR count). The highest BCUT2D eigenvalue weighted by Gasteiger charge is 2.48. The largest absolute Gasteiger partial charge is 0.481 e. The van der Waals surface area contributed by atoms with Crippen LogP contribution in [0.15, 0.2) is 77.8 Å². The van der Waals surface area contributed by atoms with Gasteiger partial charge in [-0.15, -0.1) is 0 Å². The van der Waals surface area contributed by atoms with Crippen LogP contribution >= 0.6 is 0 Å². The minimum absolute atomic E-state index is 0.0257. The van der Waals surface area contributed by atoms with E-state index in [2.05, 4.69) is 10.3 Å². The molecule has 0 saturated carbocycles.